The fourth-order valence-corrected chi connectivity index (χ4v) is 4.30. The molecule has 1 aromatic carbocycles. The number of alkyl halides is 3. The van der Waals surface area contributed by atoms with Gasteiger partial charge in [0.1, 0.15) is 0 Å². The van der Waals surface area contributed by atoms with E-state index < -0.39 is 17.6 Å². The molecular formula is C19H19F3N4O2. The van der Waals surface area contributed by atoms with E-state index in [0.717, 1.165) is 18.6 Å². The Morgan fingerprint density at radius 2 is 1.93 bits per heavy atom. The second-order valence-electron chi connectivity index (χ2n) is 7.43. The number of hydrogen-bond acceptors (Lipinski definition) is 4. The minimum atomic E-state index is -4.49. The third kappa shape index (κ3) is 3.04. The van der Waals surface area contributed by atoms with Gasteiger partial charge in [0.25, 0.3) is 11.5 Å². The predicted octanol–water partition coefficient (Wildman–Crippen LogP) is 2.49. The van der Waals surface area contributed by atoms with Crippen LogP contribution in [0.1, 0.15) is 46.4 Å². The highest BCUT2D eigenvalue weighted by Gasteiger charge is 2.44. The lowest BCUT2D eigenvalue weighted by molar-refractivity contribution is -0.137. The van der Waals surface area contributed by atoms with E-state index in [4.69, 9.17) is 5.73 Å². The summed E-state index contributed by atoms with van der Waals surface area (Å²) in [5.74, 6) is -0.343. The number of benzene rings is 1. The average molecular weight is 392 g/mol. The van der Waals surface area contributed by atoms with Gasteiger partial charge in [-0.1, -0.05) is 6.07 Å². The van der Waals surface area contributed by atoms with Gasteiger partial charge < -0.3 is 10.6 Å². The molecule has 1 aromatic heterocycles. The number of anilines is 1. The summed E-state index contributed by atoms with van der Waals surface area (Å²) in [5, 5.41) is 0. The van der Waals surface area contributed by atoms with Crippen LogP contribution in [-0.4, -0.2) is 33.9 Å². The van der Waals surface area contributed by atoms with Gasteiger partial charge in [0.2, 0.25) is 5.95 Å². The van der Waals surface area contributed by atoms with Crippen LogP contribution < -0.4 is 11.3 Å². The molecule has 2 heterocycles. The van der Waals surface area contributed by atoms with Crippen molar-refractivity contribution in [1.29, 1.82) is 0 Å². The van der Waals surface area contributed by atoms with Crippen LogP contribution in [0, 0.1) is 0 Å². The molecule has 3 N–H and O–H groups in total. The zero-order valence-corrected chi connectivity index (χ0v) is 15.0. The standard InChI is InChI=1S/C19H19F3N4O2/c20-19(21,22)12-3-1-2-11(10-12)16(28)26-8-6-18(7-9-26)5-4-13-14(18)24-17(23)25-15(13)27/h1-3,10H,4-9H2,(H3,23,24,25,27). The number of H-pyrrole nitrogens is 1. The molecule has 6 nitrogen and oxygen atoms in total. The van der Waals surface area contributed by atoms with Gasteiger partial charge in [-0.3, -0.25) is 14.6 Å². The van der Waals surface area contributed by atoms with E-state index in [1.54, 1.807) is 4.90 Å². The van der Waals surface area contributed by atoms with Crippen molar-refractivity contribution >= 4 is 11.9 Å². The molecule has 0 radical (unpaired) electrons. The topological polar surface area (TPSA) is 92.1 Å². The summed E-state index contributed by atoms with van der Waals surface area (Å²) in [6.07, 6.45) is -1.93. The zero-order chi connectivity index (χ0) is 20.1. The molecular weight excluding hydrogens is 373 g/mol. The van der Waals surface area contributed by atoms with Crippen molar-refractivity contribution in [3.8, 4) is 0 Å². The quantitative estimate of drug-likeness (QED) is 0.780. The van der Waals surface area contributed by atoms with Gasteiger partial charge in [-0.05, 0) is 43.9 Å². The highest BCUT2D eigenvalue weighted by molar-refractivity contribution is 5.94. The van der Waals surface area contributed by atoms with E-state index in [2.05, 4.69) is 9.97 Å². The van der Waals surface area contributed by atoms with Crippen molar-refractivity contribution in [2.45, 2.75) is 37.3 Å². The Kier molecular flexibility index (Phi) is 4.20. The number of carbonyl (C=O) groups excluding carboxylic acids is 1. The summed E-state index contributed by atoms with van der Waals surface area (Å²) in [6.45, 7) is 0.784. The molecule has 2 aliphatic rings. The monoisotopic (exact) mass is 392 g/mol. The third-order valence-corrected chi connectivity index (χ3v) is 5.83. The summed E-state index contributed by atoms with van der Waals surface area (Å²) in [5.41, 5.74) is 5.72. The number of nitrogens with zero attached hydrogens (tertiary/aromatic N) is 2. The Balaban J connectivity index is 1.53. The fourth-order valence-electron chi connectivity index (χ4n) is 4.30. The molecule has 0 bridgehead atoms. The minimum absolute atomic E-state index is 0.0245. The summed E-state index contributed by atoms with van der Waals surface area (Å²) < 4.78 is 38.7. The number of amides is 1. The molecule has 28 heavy (non-hydrogen) atoms. The molecule has 1 aliphatic carbocycles. The molecule has 4 rings (SSSR count). The summed E-state index contributed by atoms with van der Waals surface area (Å²) in [4.78, 5) is 33.2. The summed E-state index contributed by atoms with van der Waals surface area (Å²) in [7, 11) is 0. The number of nitrogen functional groups attached to an aromatic ring is 1. The fraction of sp³-hybridized carbons (Fsp3) is 0.421. The molecule has 1 fully saturated rings. The molecule has 0 saturated carbocycles. The smallest absolute Gasteiger partial charge is 0.369 e. The lowest BCUT2D eigenvalue weighted by Crippen LogP contribution is -2.45. The van der Waals surface area contributed by atoms with Gasteiger partial charge in [0, 0.05) is 29.6 Å². The first kappa shape index (κ1) is 18.5. The molecule has 0 atom stereocenters. The number of piperidine rings is 1. The summed E-state index contributed by atoms with van der Waals surface area (Å²) in [6, 6.07) is 4.48. The number of aromatic amines is 1. The van der Waals surface area contributed by atoms with Gasteiger partial charge in [0.15, 0.2) is 0 Å². The van der Waals surface area contributed by atoms with Crippen molar-refractivity contribution in [1.82, 2.24) is 14.9 Å². The third-order valence-electron chi connectivity index (χ3n) is 5.83. The maximum atomic E-state index is 12.9. The van der Waals surface area contributed by atoms with Crippen LogP contribution in [-0.2, 0) is 18.0 Å². The zero-order valence-electron chi connectivity index (χ0n) is 15.0. The van der Waals surface area contributed by atoms with Crippen molar-refractivity contribution in [2.24, 2.45) is 0 Å². The molecule has 1 amide bonds. The Morgan fingerprint density at radius 3 is 2.61 bits per heavy atom. The number of aromatic nitrogens is 2. The molecule has 0 unspecified atom stereocenters. The highest BCUT2D eigenvalue weighted by Crippen LogP contribution is 2.44. The van der Waals surface area contributed by atoms with Crippen molar-refractivity contribution < 1.29 is 18.0 Å². The van der Waals surface area contributed by atoms with Gasteiger partial charge in [0.05, 0.1) is 11.3 Å². The maximum absolute atomic E-state index is 12.9. The van der Waals surface area contributed by atoms with E-state index in [9.17, 15) is 22.8 Å². The maximum Gasteiger partial charge on any atom is 0.416 e. The van der Waals surface area contributed by atoms with E-state index in [-0.39, 0.29) is 22.5 Å². The second-order valence-corrected chi connectivity index (χ2v) is 7.43. The van der Waals surface area contributed by atoms with Crippen LogP contribution in [0.4, 0.5) is 19.1 Å². The van der Waals surface area contributed by atoms with E-state index in [1.165, 1.54) is 12.1 Å². The van der Waals surface area contributed by atoms with Crippen LogP contribution in [0.2, 0.25) is 0 Å². The SMILES string of the molecule is Nc1nc2c(c(=O)[nH]1)CCC21CCN(C(=O)c2cccc(C(F)(F)F)c2)CC1. The largest absolute Gasteiger partial charge is 0.416 e. The Bertz CT molecular complexity index is 991. The first-order chi connectivity index (χ1) is 13.2. The number of halogens is 3. The predicted molar refractivity (Wildman–Crippen MR) is 95.9 cm³/mol. The van der Waals surface area contributed by atoms with Crippen LogP contribution >= 0.6 is 0 Å². The van der Waals surface area contributed by atoms with Crippen LogP contribution in [0.25, 0.3) is 0 Å². The number of likely N-dealkylation sites (tertiary alicyclic amines) is 1. The van der Waals surface area contributed by atoms with Crippen LogP contribution in [0.5, 0.6) is 0 Å². The molecule has 9 heteroatoms. The lowest BCUT2D eigenvalue weighted by atomic mass is 9.76. The Hall–Kier alpha value is -2.84. The average Bonchev–Trinajstić information content (AvgIpc) is 3.00. The van der Waals surface area contributed by atoms with Crippen molar-refractivity contribution in [3.63, 3.8) is 0 Å². The van der Waals surface area contributed by atoms with Gasteiger partial charge in [-0.25, -0.2) is 4.98 Å². The van der Waals surface area contributed by atoms with E-state index >= 15 is 0 Å². The van der Waals surface area contributed by atoms with Gasteiger partial charge in [-0.2, -0.15) is 13.2 Å². The van der Waals surface area contributed by atoms with E-state index in [1.807, 2.05) is 0 Å². The first-order valence-corrected chi connectivity index (χ1v) is 9.05. The van der Waals surface area contributed by atoms with Crippen LogP contribution in [0.15, 0.2) is 29.1 Å². The Labute approximate surface area is 158 Å². The minimum Gasteiger partial charge on any atom is -0.369 e. The number of nitrogens with one attached hydrogen (secondary N) is 1. The van der Waals surface area contributed by atoms with Crippen LogP contribution in [0.3, 0.4) is 0 Å². The number of rotatable bonds is 1. The molecule has 1 saturated heterocycles. The van der Waals surface area contributed by atoms with E-state index in [0.29, 0.717) is 43.6 Å². The first-order valence-electron chi connectivity index (χ1n) is 9.05. The summed E-state index contributed by atoms with van der Waals surface area (Å²) >= 11 is 0. The number of hydrogen-bond donors (Lipinski definition) is 2. The van der Waals surface area contributed by atoms with Gasteiger partial charge >= 0.3 is 6.18 Å². The van der Waals surface area contributed by atoms with Crippen molar-refractivity contribution in [3.05, 3.63) is 57.0 Å². The number of nitrogens with two attached hydrogens (primary N) is 1. The molecule has 2 aromatic rings. The highest BCUT2D eigenvalue weighted by atomic mass is 19.4. The molecule has 148 valence electrons. The molecule has 1 aliphatic heterocycles. The normalized spacial score (nSPS) is 18.3. The molecule has 1 spiro atoms. The van der Waals surface area contributed by atoms with Crippen molar-refractivity contribution in [2.75, 3.05) is 18.8 Å². The number of fused-ring (bicyclic) bond motifs is 2. The van der Waals surface area contributed by atoms with Gasteiger partial charge in [-0.15, -0.1) is 0 Å². The lowest BCUT2D eigenvalue weighted by Gasteiger charge is -2.39. The Morgan fingerprint density at radius 1 is 1.21 bits per heavy atom. The number of carbonyl (C=O) groups is 1. The second kappa shape index (κ2) is 6.35.